The van der Waals surface area contributed by atoms with Gasteiger partial charge < -0.3 is 5.11 Å². The molecule has 0 spiro atoms. The van der Waals surface area contributed by atoms with Gasteiger partial charge in [-0.3, -0.25) is 15.0 Å². The predicted octanol–water partition coefficient (Wildman–Crippen LogP) is 2.42. The fraction of sp³-hybridized carbons (Fsp3) is 0.455. The van der Waals surface area contributed by atoms with Crippen molar-refractivity contribution in [3.8, 4) is 0 Å². The first-order valence-electron chi connectivity index (χ1n) is 5.48. The molecule has 0 unspecified atom stereocenters. The summed E-state index contributed by atoms with van der Waals surface area (Å²) in [6, 6.07) is 4.16. The number of aliphatic hydroxyl groups is 1. The van der Waals surface area contributed by atoms with Crippen LogP contribution in [0.1, 0.15) is 5.56 Å². The number of non-ortho nitro benzene ring substituents is 1. The maximum absolute atomic E-state index is 12.4. The van der Waals surface area contributed by atoms with E-state index in [1.54, 1.807) is 0 Å². The molecule has 106 valence electrons. The Bertz CT molecular complexity index is 446. The van der Waals surface area contributed by atoms with E-state index in [0.717, 1.165) is 0 Å². The van der Waals surface area contributed by atoms with Crippen LogP contribution in [-0.2, 0) is 6.54 Å². The molecule has 0 bridgehead atoms. The van der Waals surface area contributed by atoms with Gasteiger partial charge in [0.15, 0.2) is 0 Å². The molecule has 19 heavy (non-hydrogen) atoms. The van der Waals surface area contributed by atoms with Gasteiger partial charge in [-0.2, -0.15) is 0 Å². The van der Waals surface area contributed by atoms with Crippen molar-refractivity contribution < 1.29 is 18.8 Å². The predicted molar refractivity (Wildman–Crippen MR) is 69.2 cm³/mol. The largest absolute Gasteiger partial charge is 0.395 e. The molecule has 8 heteroatoms. The molecule has 0 amide bonds. The lowest BCUT2D eigenvalue weighted by atomic mass is 10.2. The summed E-state index contributed by atoms with van der Waals surface area (Å²) in [5, 5.41) is 19.4. The number of hydrogen-bond acceptors (Lipinski definition) is 4. The molecule has 0 atom stereocenters. The Morgan fingerprint density at radius 2 is 2.16 bits per heavy atom. The Kier molecular flexibility index (Phi) is 6.26. The fourth-order valence-electron chi connectivity index (χ4n) is 1.59. The molecule has 1 N–H and O–H groups in total. The highest BCUT2D eigenvalue weighted by Gasteiger charge is 2.15. The number of nitro groups is 1. The topological polar surface area (TPSA) is 66.6 Å². The number of aliphatic hydroxyl groups excluding tert-OH is 1. The van der Waals surface area contributed by atoms with E-state index in [2.05, 4.69) is 15.9 Å². The lowest BCUT2D eigenvalue weighted by Gasteiger charge is -2.21. The van der Waals surface area contributed by atoms with Crippen LogP contribution in [0.5, 0.6) is 0 Å². The van der Waals surface area contributed by atoms with E-state index in [-0.39, 0.29) is 25.4 Å². The summed E-state index contributed by atoms with van der Waals surface area (Å²) in [5.41, 5.74) is 0.581. The minimum absolute atomic E-state index is 0.0711. The molecule has 0 aromatic heterocycles. The molecule has 0 saturated heterocycles. The minimum Gasteiger partial charge on any atom is -0.395 e. The molecular formula is C11H13BrF2N2O3. The van der Waals surface area contributed by atoms with Crippen molar-refractivity contribution in [2.75, 3.05) is 19.7 Å². The van der Waals surface area contributed by atoms with Gasteiger partial charge in [-0.25, -0.2) is 8.78 Å². The average molecular weight is 339 g/mol. The zero-order valence-electron chi connectivity index (χ0n) is 9.93. The highest BCUT2D eigenvalue weighted by atomic mass is 79.9. The summed E-state index contributed by atoms with van der Waals surface area (Å²) < 4.78 is 25.2. The molecule has 1 rings (SSSR count). The van der Waals surface area contributed by atoms with Gasteiger partial charge in [0, 0.05) is 29.7 Å². The van der Waals surface area contributed by atoms with Gasteiger partial charge in [0.05, 0.1) is 18.1 Å². The van der Waals surface area contributed by atoms with Crippen molar-refractivity contribution >= 4 is 21.6 Å². The van der Waals surface area contributed by atoms with Gasteiger partial charge in [0.2, 0.25) is 0 Å². The Morgan fingerprint density at radius 1 is 1.47 bits per heavy atom. The molecule has 0 aliphatic rings. The highest BCUT2D eigenvalue weighted by molar-refractivity contribution is 9.10. The zero-order chi connectivity index (χ0) is 14.4. The molecule has 0 aliphatic carbocycles. The number of halogens is 3. The SMILES string of the molecule is O=[N+]([O-])c1ccc(CN(CCO)CC(F)F)c(Br)c1. The smallest absolute Gasteiger partial charge is 0.270 e. The van der Waals surface area contributed by atoms with Gasteiger partial charge in [-0.15, -0.1) is 0 Å². The van der Waals surface area contributed by atoms with Crippen LogP contribution >= 0.6 is 15.9 Å². The minimum atomic E-state index is -2.50. The average Bonchev–Trinajstić information content (AvgIpc) is 2.31. The van der Waals surface area contributed by atoms with E-state index >= 15 is 0 Å². The van der Waals surface area contributed by atoms with Gasteiger partial charge in [-0.1, -0.05) is 15.9 Å². The van der Waals surface area contributed by atoms with Crippen LogP contribution in [0.2, 0.25) is 0 Å². The zero-order valence-corrected chi connectivity index (χ0v) is 11.5. The van der Waals surface area contributed by atoms with E-state index in [1.165, 1.54) is 23.1 Å². The highest BCUT2D eigenvalue weighted by Crippen LogP contribution is 2.24. The number of nitro benzene ring substituents is 1. The Labute approximate surface area is 117 Å². The third kappa shape index (κ3) is 5.17. The second-order valence-corrected chi connectivity index (χ2v) is 4.74. The fourth-order valence-corrected chi connectivity index (χ4v) is 2.08. The summed E-state index contributed by atoms with van der Waals surface area (Å²) in [7, 11) is 0. The normalized spacial score (nSPS) is 11.3. The Morgan fingerprint density at radius 3 is 2.63 bits per heavy atom. The van der Waals surface area contributed by atoms with Crippen LogP contribution in [0.4, 0.5) is 14.5 Å². The van der Waals surface area contributed by atoms with E-state index in [4.69, 9.17) is 5.11 Å². The van der Waals surface area contributed by atoms with Crippen LogP contribution < -0.4 is 0 Å². The van der Waals surface area contributed by atoms with Crippen LogP contribution in [-0.4, -0.2) is 41.1 Å². The molecule has 0 saturated carbocycles. The van der Waals surface area contributed by atoms with Gasteiger partial charge in [0.25, 0.3) is 12.1 Å². The van der Waals surface area contributed by atoms with Crippen molar-refractivity contribution in [1.29, 1.82) is 0 Å². The van der Waals surface area contributed by atoms with E-state index in [9.17, 15) is 18.9 Å². The third-order valence-corrected chi connectivity index (χ3v) is 3.19. The third-order valence-electron chi connectivity index (χ3n) is 2.45. The van der Waals surface area contributed by atoms with Crippen LogP contribution in [0.3, 0.4) is 0 Å². The summed E-state index contributed by atoms with van der Waals surface area (Å²) in [6.45, 7) is -0.376. The number of rotatable bonds is 7. The lowest BCUT2D eigenvalue weighted by Crippen LogP contribution is -2.31. The molecule has 0 heterocycles. The molecule has 0 aliphatic heterocycles. The second kappa shape index (κ2) is 7.46. The molecule has 0 fully saturated rings. The monoisotopic (exact) mass is 338 g/mol. The lowest BCUT2D eigenvalue weighted by molar-refractivity contribution is -0.384. The quantitative estimate of drug-likeness (QED) is 0.612. The maximum Gasteiger partial charge on any atom is 0.270 e. The van der Waals surface area contributed by atoms with Crippen molar-refractivity contribution in [3.05, 3.63) is 38.3 Å². The Hall–Kier alpha value is -1.12. The van der Waals surface area contributed by atoms with E-state index in [1.807, 2.05) is 0 Å². The van der Waals surface area contributed by atoms with Crippen molar-refractivity contribution in [1.82, 2.24) is 4.90 Å². The van der Waals surface area contributed by atoms with Crippen LogP contribution in [0.25, 0.3) is 0 Å². The summed E-state index contributed by atoms with van der Waals surface area (Å²) in [4.78, 5) is 11.4. The van der Waals surface area contributed by atoms with Gasteiger partial charge in [-0.05, 0) is 11.6 Å². The van der Waals surface area contributed by atoms with Gasteiger partial charge in [0.1, 0.15) is 0 Å². The first kappa shape index (κ1) is 15.9. The molecular weight excluding hydrogens is 326 g/mol. The molecule has 5 nitrogen and oxygen atoms in total. The molecule has 1 aromatic rings. The van der Waals surface area contributed by atoms with Crippen LogP contribution in [0.15, 0.2) is 22.7 Å². The first-order chi connectivity index (χ1) is 8.93. The van der Waals surface area contributed by atoms with Crippen molar-refractivity contribution in [3.63, 3.8) is 0 Å². The number of nitrogens with zero attached hydrogens (tertiary/aromatic N) is 2. The second-order valence-electron chi connectivity index (χ2n) is 3.88. The van der Waals surface area contributed by atoms with E-state index < -0.39 is 17.9 Å². The molecule has 1 aromatic carbocycles. The Balaban J connectivity index is 2.81. The van der Waals surface area contributed by atoms with Gasteiger partial charge >= 0.3 is 0 Å². The van der Waals surface area contributed by atoms with Crippen LogP contribution in [0, 0.1) is 10.1 Å². The summed E-state index contributed by atoms with van der Waals surface area (Å²) in [5.74, 6) is 0. The summed E-state index contributed by atoms with van der Waals surface area (Å²) in [6.07, 6.45) is -2.50. The first-order valence-corrected chi connectivity index (χ1v) is 6.27. The summed E-state index contributed by atoms with van der Waals surface area (Å²) >= 11 is 3.18. The molecule has 0 radical (unpaired) electrons. The van der Waals surface area contributed by atoms with E-state index in [0.29, 0.717) is 10.0 Å². The van der Waals surface area contributed by atoms with Crippen molar-refractivity contribution in [2.24, 2.45) is 0 Å². The maximum atomic E-state index is 12.4. The number of alkyl halides is 2. The number of hydrogen-bond donors (Lipinski definition) is 1. The van der Waals surface area contributed by atoms with Crippen molar-refractivity contribution in [2.45, 2.75) is 13.0 Å². The standard InChI is InChI=1S/C11H13BrF2N2O3/c12-10-5-9(16(18)19)2-1-8(10)6-15(3-4-17)7-11(13)14/h1-2,5,11,17H,3-4,6-7H2. The number of benzene rings is 1.